The smallest absolute Gasteiger partial charge is 0.248 e. The lowest BCUT2D eigenvalue weighted by atomic mass is 9.97. The first-order chi connectivity index (χ1) is 15.2. The Bertz CT molecular complexity index is 1240. The number of aromatic nitrogens is 5. The number of halogens is 1. The predicted octanol–water partition coefficient (Wildman–Crippen LogP) is 1.75. The van der Waals surface area contributed by atoms with Crippen molar-refractivity contribution < 1.29 is 22.1 Å². The zero-order valence-electron chi connectivity index (χ0n) is 17.7. The Balaban J connectivity index is 1.43. The van der Waals surface area contributed by atoms with Gasteiger partial charge in [-0.25, -0.2) is 12.8 Å². The van der Waals surface area contributed by atoms with E-state index >= 15 is 0 Å². The van der Waals surface area contributed by atoms with Crippen LogP contribution in [0, 0.1) is 32.5 Å². The summed E-state index contributed by atoms with van der Waals surface area (Å²) in [6.45, 7) is 5.17. The molecule has 170 valence electrons. The Morgan fingerprint density at radius 3 is 2.53 bits per heavy atom. The van der Waals surface area contributed by atoms with Crippen LogP contribution in [0.25, 0.3) is 5.69 Å². The number of rotatable bonds is 5. The van der Waals surface area contributed by atoms with E-state index in [0.717, 1.165) is 0 Å². The lowest BCUT2D eigenvalue weighted by Crippen LogP contribution is -2.41. The number of piperidine rings is 1. The Hall–Kier alpha value is -3.19. The van der Waals surface area contributed by atoms with Crippen molar-refractivity contribution in [3.8, 4) is 5.69 Å². The molecule has 2 aromatic heterocycles. The predicted molar refractivity (Wildman–Crippen MR) is 110 cm³/mol. The molecule has 0 unspecified atom stereocenters. The standard InChI is InChI=1S/C19H22FN7O4S/c1-11-18(12(2)31-23-11)32(29,30)26-8-6-14(7-9-26)19(28)21-15-4-5-16(20)17(10-15)27-13(3)22-24-25-27/h4-5,10,14H,6-9H2,1-3H3,(H,21,28). The van der Waals surface area contributed by atoms with E-state index in [-0.39, 0.29) is 41.3 Å². The van der Waals surface area contributed by atoms with Gasteiger partial charge in [-0.15, -0.1) is 5.10 Å². The van der Waals surface area contributed by atoms with Gasteiger partial charge in [0.1, 0.15) is 22.1 Å². The summed E-state index contributed by atoms with van der Waals surface area (Å²) in [7, 11) is -3.75. The lowest BCUT2D eigenvalue weighted by Gasteiger charge is -2.30. The van der Waals surface area contributed by atoms with Crippen LogP contribution >= 0.6 is 0 Å². The summed E-state index contributed by atoms with van der Waals surface area (Å²) in [4.78, 5) is 12.8. The molecule has 0 spiro atoms. The zero-order chi connectivity index (χ0) is 23.0. The van der Waals surface area contributed by atoms with Crippen LogP contribution in [0.3, 0.4) is 0 Å². The minimum atomic E-state index is -3.75. The van der Waals surface area contributed by atoms with Crippen molar-refractivity contribution in [2.45, 2.75) is 38.5 Å². The van der Waals surface area contributed by atoms with Crippen LogP contribution in [-0.4, -0.2) is 57.1 Å². The van der Waals surface area contributed by atoms with Gasteiger partial charge in [-0.2, -0.15) is 8.99 Å². The maximum absolute atomic E-state index is 14.2. The molecule has 0 bridgehead atoms. The molecule has 3 heterocycles. The number of nitrogens with one attached hydrogen (secondary N) is 1. The molecule has 11 nitrogen and oxygen atoms in total. The average molecular weight is 463 g/mol. The van der Waals surface area contributed by atoms with Crippen molar-refractivity contribution in [3.05, 3.63) is 41.3 Å². The Labute approximate surface area is 183 Å². The van der Waals surface area contributed by atoms with Gasteiger partial charge < -0.3 is 9.84 Å². The first-order valence-electron chi connectivity index (χ1n) is 9.97. The number of tetrazole rings is 1. The third-order valence-corrected chi connectivity index (χ3v) is 7.60. The highest BCUT2D eigenvalue weighted by molar-refractivity contribution is 7.89. The van der Waals surface area contributed by atoms with Crippen LogP contribution in [0.4, 0.5) is 10.1 Å². The van der Waals surface area contributed by atoms with Gasteiger partial charge in [0, 0.05) is 24.7 Å². The fourth-order valence-electron chi connectivity index (χ4n) is 3.78. The van der Waals surface area contributed by atoms with E-state index in [0.29, 0.717) is 30.0 Å². The summed E-state index contributed by atoms with van der Waals surface area (Å²) < 4.78 is 47.7. The fraction of sp³-hybridized carbons (Fsp3) is 0.421. The lowest BCUT2D eigenvalue weighted by molar-refractivity contribution is -0.120. The molecular formula is C19H22FN7O4S. The largest absolute Gasteiger partial charge is 0.360 e. The van der Waals surface area contributed by atoms with Crippen LogP contribution in [0.1, 0.15) is 30.1 Å². The van der Waals surface area contributed by atoms with Gasteiger partial charge >= 0.3 is 0 Å². The highest BCUT2D eigenvalue weighted by Crippen LogP contribution is 2.28. The number of sulfonamides is 1. The second-order valence-electron chi connectivity index (χ2n) is 7.62. The van der Waals surface area contributed by atoms with Crippen LogP contribution < -0.4 is 5.32 Å². The van der Waals surface area contributed by atoms with Gasteiger partial charge in [0.15, 0.2) is 11.6 Å². The summed E-state index contributed by atoms with van der Waals surface area (Å²) >= 11 is 0. The van der Waals surface area contributed by atoms with Gasteiger partial charge in [0.2, 0.25) is 15.9 Å². The molecule has 4 rings (SSSR count). The third kappa shape index (κ3) is 4.00. The zero-order valence-corrected chi connectivity index (χ0v) is 18.6. The van der Waals surface area contributed by atoms with Crippen LogP contribution in [0.5, 0.6) is 0 Å². The van der Waals surface area contributed by atoms with E-state index in [2.05, 4.69) is 26.0 Å². The number of aryl methyl sites for hydroxylation is 3. The molecule has 1 fully saturated rings. The monoisotopic (exact) mass is 463 g/mol. The van der Waals surface area contributed by atoms with E-state index in [1.165, 1.54) is 27.2 Å². The van der Waals surface area contributed by atoms with Gasteiger partial charge in [-0.05, 0) is 62.2 Å². The van der Waals surface area contributed by atoms with Gasteiger partial charge in [0.25, 0.3) is 0 Å². The Morgan fingerprint density at radius 1 is 1.22 bits per heavy atom. The van der Waals surface area contributed by atoms with Crippen molar-refractivity contribution in [1.29, 1.82) is 0 Å². The van der Waals surface area contributed by atoms with Crippen molar-refractivity contribution in [1.82, 2.24) is 29.7 Å². The number of anilines is 1. The second-order valence-corrected chi connectivity index (χ2v) is 9.50. The van der Waals surface area contributed by atoms with E-state index in [9.17, 15) is 17.6 Å². The summed E-state index contributed by atoms with van der Waals surface area (Å²) in [6.07, 6.45) is 0.711. The normalized spacial score (nSPS) is 15.8. The molecule has 1 amide bonds. The quantitative estimate of drug-likeness (QED) is 0.604. The number of carbonyl (C=O) groups is 1. The average Bonchev–Trinajstić information content (AvgIpc) is 3.34. The third-order valence-electron chi connectivity index (χ3n) is 5.46. The topological polar surface area (TPSA) is 136 Å². The molecular weight excluding hydrogens is 441 g/mol. The molecule has 0 aliphatic carbocycles. The van der Waals surface area contributed by atoms with E-state index < -0.39 is 15.8 Å². The van der Waals surface area contributed by atoms with Gasteiger partial charge in [-0.3, -0.25) is 4.79 Å². The maximum Gasteiger partial charge on any atom is 0.248 e. The highest BCUT2D eigenvalue weighted by Gasteiger charge is 2.35. The first kappa shape index (κ1) is 22.0. The Morgan fingerprint density at radius 2 is 1.94 bits per heavy atom. The molecule has 1 aliphatic heterocycles. The molecule has 1 saturated heterocycles. The molecule has 3 aromatic rings. The van der Waals surface area contributed by atoms with Crippen molar-refractivity contribution in [2.75, 3.05) is 18.4 Å². The first-order valence-corrected chi connectivity index (χ1v) is 11.4. The minimum absolute atomic E-state index is 0.0807. The van der Waals surface area contributed by atoms with Gasteiger partial charge in [-0.1, -0.05) is 5.16 Å². The minimum Gasteiger partial charge on any atom is -0.360 e. The number of carbonyl (C=O) groups excluding carboxylic acids is 1. The van der Waals surface area contributed by atoms with Crippen LogP contribution in [0.15, 0.2) is 27.6 Å². The maximum atomic E-state index is 14.2. The number of nitrogens with zero attached hydrogens (tertiary/aromatic N) is 6. The molecule has 32 heavy (non-hydrogen) atoms. The second kappa shape index (κ2) is 8.39. The molecule has 1 aliphatic rings. The molecule has 0 radical (unpaired) electrons. The van der Waals surface area contributed by atoms with E-state index in [4.69, 9.17) is 4.52 Å². The van der Waals surface area contributed by atoms with Gasteiger partial charge in [0.05, 0.1) is 0 Å². The fourth-order valence-corrected chi connectivity index (χ4v) is 5.54. The Kier molecular flexibility index (Phi) is 5.77. The SMILES string of the molecule is Cc1noc(C)c1S(=O)(=O)N1CCC(C(=O)Nc2ccc(F)c(-n3nnnc3C)c2)CC1. The summed E-state index contributed by atoms with van der Waals surface area (Å²) in [5.74, 6) is -0.525. The summed E-state index contributed by atoms with van der Waals surface area (Å²) in [5.41, 5.74) is 0.824. The summed E-state index contributed by atoms with van der Waals surface area (Å²) in [6, 6.07) is 4.13. The summed E-state index contributed by atoms with van der Waals surface area (Å²) in [5, 5.41) is 17.5. The van der Waals surface area contributed by atoms with Crippen molar-refractivity contribution >= 4 is 21.6 Å². The molecule has 0 atom stereocenters. The molecule has 13 heteroatoms. The number of hydrogen-bond acceptors (Lipinski definition) is 8. The number of amides is 1. The highest BCUT2D eigenvalue weighted by atomic mass is 32.2. The van der Waals surface area contributed by atoms with E-state index in [1.807, 2.05) is 0 Å². The van der Waals surface area contributed by atoms with Crippen molar-refractivity contribution in [2.24, 2.45) is 5.92 Å². The molecule has 1 aromatic carbocycles. The van der Waals surface area contributed by atoms with Crippen molar-refractivity contribution in [3.63, 3.8) is 0 Å². The van der Waals surface area contributed by atoms with E-state index in [1.54, 1.807) is 20.8 Å². The molecule has 0 saturated carbocycles. The van der Waals surface area contributed by atoms with Crippen LogP contribution in [-0.2, 0) is 14.8 Å². The van der Waals surface area contributed by atoms with Crippen LogP contribution in [0.2, 0.25) is 0 Å². The number of benzene rings is 1. The number of hydrogen-bond donors (Lipinski definition) is 1. The molecule has 1 N–H and O–H groups in total.